The van der Waals surface area contributed by atoms with Crippen molar-refractivity contribution in [3.8, 4) is 0 Å². The fourth-order valence-corrected chi connectivity index (χ4v) is 3.31. The van der Waals surface area contributed by atoms with Crippen molar-refractivity contribution in [1.82, 2.24) is 4.90 Å². The number of hydrogen-bond acceptors (Lipinski definition) is 3. The van der Waals surface area contributed by atoms with Gasteiger partial charge in [-0.05, 0) is 19.3 Å². The predicted octanol–water partition coefficient (Wildman–Crippen LogP) is 3.20. The van der Waals surface area contributed by atoms with Crippen LogP contribution in [0.5, 0.6) is 0 Å². The Morgan fingerprint density at radius 3 is 2.65 bits per heavy atom. The van der Waals surface area contributed by atoms with Crippen molar-refractivity contribution in [2.24, 2.45) is 0 Å². The van der Waals surface area contributed by atoms with Crippen LogP contribution in [-0.4, -0.2) is 29.7 Å². The third-order valence-corrected chi connectivity index (χ3v) is 4.57. The van der Waals surface area contributed by atoms with Crippen LogP contribution in [0.3, 0.4) is 0 Å². The summed E-state index contributed by atoms with van der Waals surface area (Å²) >= 11 is 0. The van der Waals surface area contributed by atoms with E-state index in [0.29, 0.717) is 29.5 Å². The number of carbonyl (C=O) groups excluding carboxylic acids is 2. The van der Waals surface area contributed by atoms with Gasteiger partial charge in [0.2, 0.25) is 0 Å². The Bertz CT molecular complexity index is 526. The Balaban J connectivity index is 1.78. The Morgan fingerprint density at radius 2 is 1.95 bits per heavy atom. The average molecular weight is 275 g/mol. The van der Waals surface area contributed by atoms with Gasteiger partial charge in [-0.25, -0.2) is 0 Å². The molecule has 1 saturated carbocycles. The van der Waals surface area contributed by atoms with Crippen LogP contribution < -0.4 is 0 Å². The molecule has 0 spiro atoms. The molecule has 2 aliphatic carbocycles. The second-order valence-corrected chi connectivity index (χ2v) is 5.93. The summed E-state index contributed by atoms with van der Waals surface area (Å²) in [5, 5.41) is 0. The average Bonchev–Trinajstić information content (AvgIpc) is 2.92. The van der Waals surface area contributed by atoms with E-state index in [-0.39, 0.29) is 11.7 Å². The van der Waals surface area contributed by atoms with Crippen molar-refractivity contribution in [3.05, 3.63) is 23.2 Å². The number of hydrogen-bond donors (Lipinski definition) is 0. The number of rotatable bonds is 2. The first-order chi connectivity index (χ1) is 9.66. The fraction of sp³-hybridized carbons (Fsp3) is 0.625. The molecule has 0 unspecified atom stereocenters. The molecule has 20 heavy (non-hydrogen) atoms. The molecular formula is C16H21NO3. The maximum Gasteiger partial charge on any atom is 0.289 e. The number of aryl methyl sites for hydroxylation is 1. The molecular weight excluding hydrogens is 254 g/mol. The molecule has 4 heteroatoms. The summed E-state index contributed by atoms with van der Waals surface area (Å²) in [5.74, 6) is 1.05. The van der Waals surface area contributed by atoms with Crippen molar-refractivity contribution < 1.29 is 14.0 Å². The molecule has 0 atom stereocenters. The number of nitrogens with zero attached hydrogens (tertiary/aromatic N) is 1. The van der Waals surface area contributed by atoms with Gasteiger partial charge >= 0.3 is 0 Å². The number of ketones is 1. The molecule has 3 rings (SSSR count). The summed E-state index contributed by atoms with van der Waals surface area (Å²) in [6, 6.07) is 1.97. The third-order valence-electron chi connectivity index (χ3n) is 4.57. The molecule has 1 aromatic heterocycles. The van der Waals surface area contributed by atoms with Gasteiger partial charge in [0.15, 0.2) is 11.5 Å². The number of furan rings is 1. The first-order valence-electron chi connectivity index (χ1n) is 7.60. The van der Waals surface area contributed by atoms with Crippen molar-refractivity contribution in [2.45, 2.75) is 57.4 Å². The normalized spacial score (nSPS) is 19.8. The lowest BCUT2D eigenvalue weighted by molar-refractivity contribution is 0.0661. The Morgan fingerprint density at radius 1 is 1.20 bits per heavy atom. The molecule has 0 aliphatic heterocycles. The van der Waals surface area contributed by atoms with E-state index >= 15 is 0 Å². The van der Waals surface area contributed by atoms with Crippen LogP contribution in [0.15, 0.2) is 10.5 Å². The topological polar surface area (TPSA) is 50.5 Å². The molecule has 1 fully saturated rings. The highest BCUT2D eigenvalue weighted by Crippen LogP contribution is 2.27. The summed E-state index contributed by atoms with van der Waals surface area (Å²) in [6.07, 6.45) is 7.95. The van der Waals surface area contributed by atoms with Gasteiger partial charge in [-0.3, -0.25) is 9.59 Å². The third kappa shape index (κ3) is 2.39. The lowest BCUT2D eigenvalue weighted by Crippen LogP contribution is -2.38. The van der Waals surface area contributed by atoms with Crippen LogP contribution in [0.1, 0.15) is 71.6 Å². The molecule has 0 aromatic carbocycles. The second-order valence-electron chi connectivity index (χ2n) is 5.93. The Kier molecular flexibility index (Phi) is 3.64. The van der Waals surface area contributed by atoms with E-state index in [9.17, 15) is 9.59 Å². The van der Waals surface area contributed by atoms with E-state index in [0.717, 1.165) is 25.7 Å². The van der Waals surface area contributed by atoms with Crippen LogP contribution in [0.25, 0.3) is 0 Å². The van der Waals surface area contributed by atoms with Gasteiger partial charge in [-0.15, -0.1) is 0 Å². The number of carbonyl (C=O) groups is 2. The highest BCUT2D eigenvalue weighted by Gasteiger charge is 2.28. The molecule has 1 amide bonds. The Labute approximate surface area is 119 Å². The minimum absolute atomic E-state index is 0.0842. The van der Waals surface area contributed by atoms with Crippen molar-refractivity contribution in [2.75, 3.05) is 7.05 Å². The van der Waals surface area contributed by atoms with E-state index in [1.807, 2.05) is 7.05 Å². The van der Waals surface area contributed by atoms with Gasteiger partial charge in [0, 0.05) is 32.0 Å². The zero-order valence-electron chi connectivity index (χ0n) is 12.0. The molecule has 0 N–H and O–H groups in total. The summed E-state index contributed by atoms with van der Waals surface area (Å²) in [6.45, 7) is 0. The summed E-state index contributed by atoms with van der Waals surface area (Å²) in [7, 11) is 1.85. The quantitative estimate of drug-likeness (QED) is 0.832. The minimum atomic E-state index is -0.0842. The largest absolute Gasteiger partial charge is 0.455 e. The van der Waals surface area contributed by atoms with Gasteiger partial charge in [0.1, 0.15) is 5.76 Å². The van der Waals surface area contributed by atoms with Crippen molar-refractivity contribution >= 4 is 11.7 Å². The zero-order chi connectivity index (χ0) is 14.1. The van der Waals surface area contributed by atoms with E-state index in [4.69, 9.17) is 4.42 Å². The molecule has 108 valence electrons. The molecule has 0 radical (unpaired) electrons. The highest BCUT2D eigenvalue weighted by atomic mass is 16.4. The van der Waals surface area contributed by atoms with Gasteiger partial charge in [0.25, 0.3) is 5.91 Å². The number of fused-ring (bicyclic) bond motifs is 1. The highest BCUT2D eigenvalue weighted by molar-refractivity contribution is 6.01. The van der Waals surface area contributed by atoms with Crippen molar-refractivity contribution in [1.29, 1.82) is 0 Å². The smallest absolute Gasteiger partial charge is 0.289 e. The molecule has 0 bridgehead atoms. The van der Waals surface area contributed by atoms with E-state index < -0.39 is 0 Å². The molecule has 1 aromatic rings. The van der Waals surface area contributed by atoms with Crippen LogP contribution in [0.4, 0.5) is 0 Å². The Hall–Kier alpha value is -1.58. The first-order valence-corrected chi connectivity index (χ1v) is 7.60. The molecule has 1 heterocycles. The van der Waals surface area contributed by atoms with E-state index in [1.54, 1.807) is 11.0 Å². The van der Waals surface area contributed by atoms with Gasteiger partial charge in [-0.2, -0.15) is 0 Å². The van der Waals surface area contributed by atoms with E-state index in [2.05, 4.69) is 0 Å². The second kappa shape index (κ2) is 5.43. The predicted molar refractivity (Wildman–Crippen MR) is 74.9 cm³/mol. The summed E-state index contributed by atoms with van der Waals surface area (Å²) in [5.41, 5.74) is 0.622. The van der Waals surface area contributed by atoms with Crippen molar-refractivity contribution in [3.63, 3.8) is 0 Å². The fourth-order valence-electron chi connectivity index (χ4n) is 3.31. The maximum absolute atomic E-state index is 12.5. The number of Topliss-reactive ketones (excluding diaryl/α,β-unsaturated/α-hetero) is 1. The van der Waals surface area contributed by atoms with Crippen LogP contribution >= 0.6 is 0 Å². The maximum atomic E-state index is 12.5. The van der Waals surface area contributed by atoms with Crippen LogP contribution in [-0.2, 0) is 6.42 Å². The van der Waals surface area contributed by atoms with Gasteiger partial charge < -0.3 is 9.32 Å². The van der Waals surface area contributed by atoms with E-state index in [1.165, 1.54) is 19.3 Å². The number of amides is 1. The van der Waals surface area contributed by atoms with Crippen LogP contribution in [0.2, 0.25) is 0 Å². The molecule has 0 saturated heterocycles. The SMILES string of the molecule is CN(C(=O)c1cc2c(o1)CCCC2=O)C1CCCCC1. The van der Waals surface area contributed by atoms with Gasteiger partial charge in [0.05, 0.1) is 5.56 Å². The summed E-state index contributed by atoms with van der Waals surface area (Å²) in [4.78, 5) is 26.1. The first kappa shape index (κ1) is 13.4. The molecule has 2 aliphatic rings. The zero-order valence-corrected chi connectivity index (χ0v) is 12.0. The lowest BCUT2D eigenvalue weighted by atomic mass is 9.94. The minimum Gasteiger partial charge on any atom is -0.455 e. The molecule has 4 nitrogen and oxygen atoms in total. The standard InChI is InChI=1S/C16H21NO3/c1-17(11-6-3-2-4-7-11)16(19)15-10-12-13(18)8-5-9-14(12)20-15/h10-11H,2-9H2,1H3. The summed E-state index contributed by atoms with van der Waals surface area (Å²) < 4.78 is 5.64. The van der Waals surface area contributed by atoms with Crippen LogP contribution in [0, 0.1) is 0 Å². The van der Waals surface area contributed by atoms with Gasteiger partial charge in [-0.1, -0.05) is 19.3 Å². The monoisotopic (exact) mass is 275 g/mol. The lowest BCUT2D eigenvalue weighted by Gasteiger charge is -2.30.